The number of nitrogens with zero attached hydrogens (tertiary/aromatic N) is 4. The Balaban J connectivity index is 1.53. The molecule has 0 bridgehead atoms. The zero-order chi connectivity index (χ0) is 21.8. The molecular formula is C23H29ClN4O3. The number of aliphatic hydroxyl groups excluding tert-OH is 2. The Morgan fingerprint density at radius 3 is 2.61 bits per heavy atom. The largest absolute Gasteiger partial charge is 0.495 e. The van der Waals surface area contributed by atoms with Gasteiger partial charge in [-0.2, -0.15) is 0 Å². The Morgan fingerprint density at radius 2 is 1.90 bits per heavy atom. The maximum atomic E-state index is 9.81. The fourth-order valence-electron chi connectivity index (χ4n) is 4.10. The summed E-state index contributed by atoms with van der Waals surface area (Å²) in [5.41, 5.74) is 4.31. The molecule has 2 N–H and O–H groups in total. The van der Waals surface area contributed by atoms with E-state index in [1.54, 1.807) is 19.2 Å². The molecule has 1 aliphatic rings. The third-order valence-electron chi connectivity index (χ3n) is 5.89. The van der Waals surface area contributed by atoms with E-state index in [1.807, 2.05) is 16.8 Å². The highest BCUT2D eigenvalue weighted by atomic mass is 35.5. The highest BCUT2D eigenvalue weighted by Gasteiger charge is 2.18. The Morgan fingerprint density at radius 1 is 1.10 bits per heavy atom. The number of hydrogen-bond donors (Lipinski definition) is 2. The molecule has 7 nitrogen and oxygen atoms in total. The minimum atomic E-state index is -0.120. The lowest BCUT2D eigenvalue weighted by Crippen LogP contribution is -2.46. The van der Waals surface area contributed by atoms with Gasteiger partial charge in [-0.1, -0.05) is 11.6 Å². The van der Waals surface area contributed by atoms with E-state index in [0.29, 0.717) is 10.8 Å². The van der Waals surface area contributed by atoms with Crippen LogP contribution in [-0.2, 0) is 6.61 Å². The number of fused-ring (bicyclic) bond motifs is 1. The summed E-state index contributed by atoms with van der Waals surface area (Å²) < 4.78 is 7.26. The predicted molar refractivity (Wildman–Crippen MR) is 123 cm³/mol. The third kappa shape index (κ3) is 4.80. The van der Waals surface area contributed by atoms with E-state index in [4.69, 9.17) is 26.4 Å². The van der Waals surface area contributed by atoms with Gasteiger partial charge in [0, 0.05) is 62.5 Å². The normalized spacial score (nSPS) is 15.0. The molecule has 3 aromatic rings. The van der Waals surface area contributed by atoms with Gasteiger partial charge in [-0.05, 0) is 43.1 Å². The Hall–Kier alpha value is -2.32. The van der Waals surface area contributed by atoms with Crippen LogP contribution in [0.5, 0.6) is 5.75 Å². The van der Waals surface area contributed by atoms with E-state index >= 15 is 0 Å². The van der Waals surface area contributed by atoms with Gasteiger partial charge in [-0.15, -0.1) is 0 Å². The molecule has 0 aliphatic carbocycles. The number of aliphatic hydroxyl groups is 2. The number of aromatic nitrogens is 2. The van der Waals surface area contributed by atoms with Crippen molar-refractivity contribution in [1.82, 2.24) is 14.3 Å². The molecule has 0 amide bonds. The van der Waals surface area contributed by atoms with Crippen molar-refractivity contribution in [2.75, 3.05) is 51.3 Å². The number of benzene rings is 1. The second-order valence-electron chi connectivity index (χ2n) is 7.84. The molecule has 1 aliphatic heterocycles. The average molecular weight is 445 g/mol. The lowest BCUT2D eigenvalue weighted by atomic mass is 10.1. The van der Waals surface area contributed by atoms with Gasteiger partial charge in [0.05, 0.1) is 24.4 Å². The number of unbranched alkanes of at least 4 members (excludes halogenated alkanes) is 1. The molecule has 31 heavy (non-hydrogen) atoms. The van der Waals surface area contributed by atoms with E-state index in [9.17, 15) is 5.11 Å². The number of hydrogen-bond acceptors (Lipinski definition) is 6. The SMILES string of the molecule is COc1cc(CO)c(-c2cn3ccc(N4CCN(CCCCO)CC4)cc3n2)cc1Cl. The molecule has 2 aromatic heterocycles. The van der Waals surface area contributed by atoms with E-state index in [2.05, 4.69) is 21.9 Å². The topological polar surface area (TPSA) is 73.5 Å². The minimum Gasteiger partial charge on any atom is -0.495 e. The van der Waals surface area contributed by atoms with Gasteiger partial charge in [0.15, 0.2) is 0 Å². The van der Waals surface area contributed by atoms with Crippen molar-refractivity contribution in [3.63, 3.8) is 0 Å². The van der Waals surface area contributed by atoms with Crippen LogP contribution in [-0.4, -0.2) is 70.9 Å². The summed E-state index contributed by atoms with van der Waals surface area (Å²) in [7, 11) is 1.56. The zero-order valence-corrected chi connectivity index (χ0v) is 18.6. The number of rotatable bonds is 8. The summed E-state index contributed by atoms with van der Waals surface area (Å²) in [4.78, 5) is 9.65. The van der Waals surface area contributed by atoms with Crippen LogP contribution in [0.1, 0.15) is 18.4 Å². The third-order valence-corrected chi connectivity index (χ3v) is 6.18. The Labute approximate surface area is 187 Å². The molecule has 166 valence electrons. The fraction of sp³-hybridized carbons (Fsp3) is 0.435. The number of imidazole rings is 1. The molecule has 0 spiro atoms. The first-order valence-corrected chi connectivity index (χ1v) is 11.1. The van der Waals surface area contributed by atoms with Crippen molar-refractivity contribution in [1.29, 1.82) is 0 Å². The molecule has 1 aromatic carbocycles. The summed E-state index contributed by atoms with van der Waals surface area (Å²) in [5.74, 6) is 0.538. The summed E-state index contributed by atoms with van der Waals surface area (Å²) in [6, 6.07) is 7.78. The molecule has 0 unspecified atom stereocenters. The number of anilines is 1. The van der Waals surface area contributed by atoms with Crippen molar-refractivity contribution in [3.8, 4) is 17.0 Å². The van der Waals surface area contributed by atoms with Crippen LogP contribution in [0.15, 0.2) is 36.7 Å². The van der Waals surface area contributed by atoms with Gasteiger partial charge in [0.1, 0.15) is 11.4 Å². The molecule has 0 radical (unpaired) electrons. The van der Waals surface area contributed by atoms with E-state index in [1.165, 1.54) is 0 Å². The number of pyridine rings is 1. The lowest BCUT2D eigenvalue weighted by Gasteiger charge is -2.36. The van der Waals surface area contributed by atoms with Gasteiger partial charge >= 0.3 is 0 Å². The van der Waals surface area contributed by atoms with Crippen molar-refractivity contribution in [3.05, 3.63) is 47.2 Å². The van der Waals surface area contributed by atoms with Crippen molar-refractivity contribution in [2.24, 2.45) is 0 Å². The molecule has 1 saturated heterocycles. The van der Waals surface area contributed by atoms with E-state index in [-0.39, 0.29) is 13.2 Å². The standard InChI is InChI=1S/C23H29ClN4O3/c1-31-22-12-17(16-30)19(14-20(22)24)21-15-28-6-4-18(13-23(28)25-21)27-9-7-26(8-10-27)5-2-3-11-29/h4,6,12-15,29-30H,2-3,5,7-11,16H2,1H3. The zero-order valence-electron chi connectivity index (χ0n) is 17.8. The molecular weight excluding hydrogens is 416 g/mol. The summed E-state index contributed by atoms with van der Waals surface area (Å²) in [5, 5.41) is 19.3. The maximum absolute atomic E-state index is 9.81. The first-order chi connectivity index (χ1) is 15.1. The van der Waals surface area contributed by atoms with Gasteiger partial charge in [-0.25, -0.2) is 4.98 Å². The van der Waals surface area contributed by atoms with Gasteiger partial charge in [-0.3, -0.25) is 4.90 Å². The van der Waals surface area contributed by atoms with Crippen molar-refractivity contribution < 1.29 is 14.9 Å². The molecule has 4 rings (SSSR count). The average Bonchev–Trinajstić information content (AvgIpc) is 3.23. The second-order valence-corrected chi connectivity index (χ2v) is 8.25. The van der Waals surface area contributed by atoms with Crippen molar-refractivity contribution >= 4 is 22.9 Å². The van der Waals surface area contributed by atoms with E-state index < -0.39 is 0 Å². The number of halogens is 1. The minimum absolute atomic E-state index is 0.120. The van der Waals surface area contributed by atoms with Crippen LogP contribution in [0, 0.1) is 0 Å². The quantitative estimate of drug-likeness (QED) is 0.520. The monoisotopic (exact) mass is 444 g/mol. The number of methoxy groups -OCH3 is 1. The fourth-order valence-corrected chi connectivity index (χ4v) is 4.34. The van der Waals surface area contributed by atoms with Crippen LogP contribution in [0.4, 0.5) is 5.69 Å². The molecule has 0 saturated carbocycles. The van der Waals surface area contributed by atoms with Crippen LogP contribution < -0.4 is 9.64 Å². The number of piperazine rings is 1. The van der Waals surface area contributed by atoms with Gasteiger partial charge in [0.25, 0.3) is 0 Å². The van der Waals surface area contributed by atoms with Crippen LogP contribution in [0.25, 0.3) is 16.9 Å². The molecule has 3 heterocycles. The van der Waals surface area contributed by atoms with Crippen LogP contribution in [0.2, 0.25) is 5.02 Å². The highest BCUT2D eigenvalue weighted by Crippen LogP contribution is 2.34. The smallest absolute Gasteiger partial charge is 0.139 e. The van der Waals surface area contributed by atoms with Gasteiger partial charge < -0.3 is 24.3 Å². The maximum Gasteiger partial charge on any atom is 0.139 e. The first-order valence-electron chi connectivity index (χ1n) is 10.7. The van der Waals surface area contributed by atoms with Crippen LogP contribution >= 0.6 is 11.6 Å². The lowest BCUT2D eigenvalue weighted by molar-refractivity contribution is 0.232. The number of ether oxygens (including phenoxy) is 1. The summed E-state index contributed by atoms with van der Waals surface area (Å²) in [6.45, 7) is 5.21. The van der Waals surface area contributed by atoms with Crippen molar-refractivity contribution in [2.45, 2.75) is 19.4 Å². The second kappa shape index (κ2) is 9.87. The molecule has 0 atom stereocenters. The first kappa shape index (κ1) is 21.9. The highest BCUT2D eigenvalue weighted by molar-refractivity contribution is 6.32. The summed E-state index contributed by atoms with van der Waals surface area (Å²) in [6.07, 6.45) is 5.90. The van der Waals surface area contributed by atoms with Crippen LogP contribution in [0.3, 0.4) is 0 Å². The van der Waals surface area contributed by atoms with Gasteiger partial charge in [0.2, 0.25) is 0 Å². The predicted octanol–water partition coefficient (Wildman–Crippen LogP) is 3.05. The molecule has 1 fully saturated rings. The summed E-state index contributed by atoms with van der Waals surface area (Å²) >= 11 is 6.32. The Kier molecular flexibility index (Phi) is 6.97. The van der Waals surface area contributed by atoms with E-state index in [0.717, 1.165) is 73.7 Å². The molecule has 8 heteroatoms. The Bertz CT molecular complexity index is 1030.